The number of nitrogens with zero attached hydrogens (tertiary/aromatic N) is 2. The summed E-state index contributed by atoms with van der Waals surface area (Å²) in [5.41, 5.74) is 1.47. The fourth-order valence-corrected chi connectivity index (χ4v) is 2.85. The van der Waals surface area contributed by atoms with E-state index in [-0.39, 0.29) is 11.7 Å². The minimum Gasteiger partial charge on any atom is -0.352 e. The van der Waals surface area contributed by atoms with E-state index in [0.29, 0.717) is 23.0 Å². The minimum absolute atomic E-state index is 0.0333. The number of hydrogen-bond donors (Lipinski definition) is 1. The van der Waals surface area contributed by atoms with Gasteiger partial charge in [0.15, 0.2) is 0 Å². The quantitative estimate of drug-likeness (QED) is 0.936. The summed E-state index contributed by atoms with van der Waals surface area (Å²) in [6.45, 7) is 3.74. The van der Waals surface area contributed by atoms with Crippen molar-refractivity contribution in [2.75, 3.05) is 18.4 Å². The molecule has 1 N–H and O–H groups in total. The second-order valence-electron chi connectivity index (χ2n) is 6.04. The van der Waals surface area contributed by atoms with Crippen molar-refractivity contribution in [1.82, 2.24) is 9.88 Å². The summed E-state index contributed by atoms with van der Waals surface area (Å²) in [6, 6.07) is 9.88. The Balaban J connectivity index is 1.69. The number of rotatable bonds is 3. The van der Waals surface area contributed by atoms with Crippen LogP contribution in [0, 0.1) is 11.7 Å². The molecule has 1 unspecified atom stereocenters. The highest BCUT2D eigenvalue weighted by Gasteiger charge is 2.22. The van der Waals surface area contributed by atoms with Crippen molar-refractivity contribution in [3.63, 3.8) is 0 Å². The number of nitrogens with one attached hydrogen (secondary N) is 1. The Kier molecular flexibility index (Phi) is 4.55. The van der Waals surface area contributed by atoms with Crippen LogP contribution < -0.4 is 5.32 Å². The molecule has 23 heavy (non-hydrogen) atoms. The molecule has 0 spiro atoms. The Morgan fingerprint density at radius 2 is 2.13 bits per heavy atom. The second-order valence-corrected chi connectivity index (χ2v) is 6.04. The van der Waals surface area contributed by atoms with Gasteiger partial charge in [-0.2, -0.15) is 0 Å². The van der Waals surface area contributed by atoms with Gasteiger partial charge in [-0.3, -0.25) is 4.79 Å². The molecule has 3 rings (SSSR count). The van der Waals surface area contributed by atoms with E-state index in [1.54, 1.807) is 36.5 Å². The van der Waals surface area contributed by atoms with E-state index in [2.05, 4.69) is 17.2 Å². The number of pyridine rings is 1. The molecule has 1 aliphatic heterocycles. The van der Waals surface area contributed by atoms with Gasteiger partial charge < -0.3 is 10.2 Å². The van der Waals surface area contributed by atoms with Gasteiger partial charge in [0, 0.05) is 13.1 Å². The molecule has 1 aromatic heterocycles. The first-order valence-electron chi connectivity index (χ1n) is 7.90. The number of piperidine rings is 1. The third-order valence-corrected chi connectivity index (χ3v) is 4.08. The molecule has 1 amide bonds. The molecule has 1 fully saturated rings. The van der Waals surface area contributed by atoms with Crippen LogP contribution in [0.3, 0.4) is 0 Å². The molecule has 4 nitrogen and oxygen atoms in total. The summed E-state index contributed by atoms with van der Waals surface area (Å²) >= 11 is 0. The van der Waals surface area contributed by atoms with Crippen molar-refractivity contribution in [1.29, 1.82) is 0 Å². The maximum absolute atomic E-state index is 13.6. The normalized spacial score (nSPS) is 17.8. The molecule has 1 aromatic carbocycles. The average Bonchev–Trinajstić information content (AvgIpc) is 2.57. The lowest BCUT2D eigenvalue weighted by Crippen LogP contribution is -2.39. The molecular formula is C18H20FN3O. The molecule has 1 atom stereocenters. The summed E-state index contributed by atoms with van der Waals surface area (Å²) in [4.78, 5) is 18.5. The van der Waals surface area contributed by atoms with Gasteiger partial charge in [-0.25, -0.2) is 9.37 Å². The van der Waals surface area contributed by atoms with Gasteiger partial charge >= 0.3 is 0 Å². The van der Waals surface area contributed by atoms with E-state index in [1.807, 2.05) is 4.90 Å². The lowest BCUT2D eigenvalue weighted by atomic mass is 10.00. The van der Waals surface area contributed by atoms with Crippen LogP contribution in [-0.4, -0.2) is 28.9 Å². The van der Waals surface area contributed by atoms with Crippen LogP contribution >= 0.6 is 0 Å². The van der Waals surface area contributed by atoms with Crippen LogP contribution in [-0.2, 0) is 0 Å². The van der Waals surface area contributed by atoms with Gasteiger partial charge in [-0.15, -0.1) is 0 Å². The zero-order valence-electron chi connectivity index (χ0n) is 13.1. The average molecular weight is 313 g/mol. The van der Waals surface area contributed by atoms with Crippen LogP contribution in [0.5, 0.6) is 0 Å². The smallest absolute Gasteiger partial charge is 0.272 e. The van der Waals surface area contributed by atoms with Crippen molar-refractivity contribution in [3.05, 3.63) is 54.1 Å². The van der Waals surface area contributed by atoms with E-state index in [9.17, 15) is 9.18 Å². The van der Waals surface area contributed by atoms with Crippen LogP contribution in [0.2, 0.25) is 0 Å². The first kappa shape index (κ1) is 15.5. The highest BCUT2D eigenvalue weighted by molar-refractivity contribution is 5.92. The minimum atomic E-state index is -0.324. The van der Waals surface area contributed by atoms with Crippen LogP contribution in [0.15, 0.2) is 42.6 Å². The molecule has 5 heteroatoms. The van der Waals surface area contributed by atoms with Crippen molar-refractivity contribution in [2.24, 2.45) is 5.92 Å². The molecule has 1 aliphatic rings. The Labute approximate surface area is 135 Å². The second kappa shape index (κ2) is 6.77. The number of para-hydroxylation sites is 1. The summed E-state index contributed by atoms with van der Waals surface area (Å²) < 4.78 is 13.6. The topological polar surface area (TPSA) is 45.2 Å². The molecular weight excluding hydrogens is 293 g/mol. The molecule has 0 aliphatic carbocycles. The molecule has 0 bridgehead atoms. The Bertz CT molecular complexity index is 687. The largest absolute Gasteiger partial charge is 0.352 e. The van der Waals surface area contributed by atoms with Gasteiger partial charge in [-0.1, -0.05) is 19.1 Å². The van der Waals surface area contributed by atoms with Crippen LogP contribution in [0.4, 0.5) is 15.8 Å². The lowest BCUT2D eigenvalue weighted by molar-refractivity contribution is 0.0677. The molecule has 0 radical (unpaired) electrons. The fraction of sp³-hybridized carbons (Fsp3) is 0.333. The van der Waals surface area contributed by atoms with Crippen LogP contribution in [0.1, 0.15) is 30.3 Å². The SMILES string of the molecule is CC1CCCN(C(=O)c2ccc(Nc3ccccc3F)cn2)C1. The van der Waals surface area contributed by atoms with Gasteiger partial charge in [0.1, 0.15) is 11.5 Å². The summed E-state index contributed by atoms with van der Waals surface area (Å²) in [5, 5.41) is 2.96. The fourth-order valence-electron chi connectivity index (χ4n) is 2.85. The molecule has 120 valence electrons. The third-order valence-electron chi connectivity index (χ3n) is 4.08. The van der Waals surface area contributed by atoms with E-state index >= 15 is 0 Å². The van der Waals surface area contributed by atoms with Gasteiger partial charge in [0.2, 0.25) is 0 Å². The number of hydrogen-bond acceptors (Lipinski definition) is 3. The Hall–Kier alpha value is -2.43. The zero-order chi connectivity index (χ0) is 16.2. The number of aromatic nitrogens is 1. The van der Waals surface area contributed by atoms with Gasteiger partial charge in [-0.05, 0) is 43.0 Å². The van der Waals surface area contributed by atoms with E-state index in [0.717, 1.165) is 19.5 Å². The Morgan fingerprint density at radius 3 is 2.83 bits per heavy atom. The van der Waals surface area contributed by atoms with Crippen molar-refractivity contribution in [3.8, 4) is 0 Å². The summed E-state index contributed by atoms with van der Waals surface area (Å²) in [5.74, 6) is 0.179. The number of halogens is 1. The highest BCUT2D eigenvalue weighted by Crippen LogP contribution is 2.20. The number of amides is 1. The molecule has 0 saturated carbocycles. The number of benzene rings is 1. The first-order valence-corrected chi connectivity index (χ1v) is 7.90. The Morgan fingerprint density at radius 1 is 1.30 bits per heavy atom. The van der Waals surface area contributed by atoms with E-state index < -0.39 is 0 Å². The first-order chi connectivity index (χ1) is 11.1. The maximum atomic E-state index is 13.6. The van der Waals surface area contributed by atoms with Crippen molar-refractivity contribution in [2.45, 2.75) is 19.8 Å². The zero-order valence-corrected chi connectivity index (χ0v) is 13.1. The summed E-state index contributed by atoms with van der Waals surface area (Å²) in [7, 11) is 0. The monoisotopic (exact) mass is 313 g/mol. The molecule has 1 saturated heterocycles. The maximum Gasteiger partial charge on any atom is 0.272 e. The predicted octanol–water partition coefficient (Wildman–Crippen LogP) is 3.84. The molecule has 2 heterocycles. The van der Waals surface area contributed by atoms with Crippen molar-refractivity contribution < 1.29 is 9.18 Å². The van der Waals surface area contributed by atoms with Gasteiger partial charge in [0.05, 0.1) is 17.6 Å². The number of likely N-dealkylation sites (tertiary alicyclic amines) is 1. The summed E-state index contributed by atoms with van der Waals surface area (Å²) in [6.07, 6.45) is 3.77. The van der Waals surface area contributed by atoms with Crippen LogP contribution in [0.25, 0.3) is 0 Å². The van der Waals surface area contributed by atoms with Gasteiger partial charge in [0.25, 0.3) is 5.91 Å². The third kappa shape index (κ3) is 3.67. The standard InChI is InChI=1S/C18H20FN3O/c1-13-5-4-10-22(12-13)18(23)17-9-8-14(11-20-17)21-16-7-3-2-6-15(16)19/h2-3,6-9,11,13,21H,4-5,10,12H2,1H3. The molecule has 2 aromatic rings. The number of anilines is 2. The number of carbonyl (C=O) groups is 1. The lowest BCUT2D eigenvalue weighted by Gasteiger charge is -2.30. The van der Waals surface area contributed by atoms with E-state index in [4.69, 9.17) is 0 Å². The highest BCUT2D eigenvalue weighted by atomic mass is 19.1. The predicted molar refractivity (Wildman–Crippen MR) is 88.2 cm³/mol. The van der Waals surface area contributed by atoms with Crippen molar-refractivity contribution >= 4 is 17.3 Å². The van der Waals surface area contributed by atoms with E-state index in [1.165, 1.54) is 12.5 Å². The number of carbonyl (C=O) groups excluding carboxylic acids is 1.